The van der Waals surface area contributed by atoms with Crippen molar-refractivity contribution in [3.05, 3.63) is 60.2 Å². The summed E-state index contributed by atoms with van der Waals surface area (Å²) in [6.07, 6.45) is -0.625. The van der Waals surface area contributed by atoms with Gasteiger partial charge in [0.25, 0.3) is 5.91 Å². The minimum atomic E-state index is -1.53. The van der Waals surface area contributed by atoms with Gasteiger partial charge in [-0.2, -0.15) is 5.10 Å². The minimum absolute atomic E-state index is 0.0744. The predicted octanol–water partition coefficient (Wildman–Crippen LogP) is 1.89. The number of amides is 4. The lowest BCUT2D eigenvalue weighted by atomic mass is 9.73. The first kappa shape index (κ1) is 29.4. The van der Waals surface area contributed by atoms with E-state index in [0.29, 0.717) is 24.3 Å². The number of carboxylic acid groups (broad SMARTS) is 1. The third-order valence-corrected chi connectivity index (χ3v) is 7.31. The monoisotopic (exact) mass is 565 g/mol. The molecule has 2 aromatic carbocycles. The Morgan fingerprint density at radius 1 is 1.12 bits per heavy atom. The van der Waals surface area contributed by atoms with Crippen LogP contribution in [0.25, 0.3) is 0 Å². The van der Waals surface area contributed by atoms with Crippen LogP contribution in [0.2, 0.25) is 0 Å². The van der Waals surface area contributed by atoms with Crippen molar-refractivity contribution in [2.75, 3.05) is 33.9 Å². The highest BCUT2D eigenvalue weighted by atomic mass is 16.5. The number of fused-ring (bicyclic) bond motifs is 1. The summed E-state index contributed by atoms with van der Waals surface area (Å²) in [6, 6.07) is 15.2. The van der Waals surface area contributed by atoms with Crippen molar-refractivity contribution in [2.45, 2.75) is 38.3 Å². The van der Waals surface area contributed by atoms with Gasteiger partial charge in [-0.25, -0.2) is 9.80 Å². The van der Waals surface area contributed by atoms with E-state index in [4.69, 9.17) is 9.47 Å². The second-order valence-electron chi connectivity index (χ2n) is 10.7. The zero-order chi connectivity index (χ0) is 29.8. The van der Waals surface area contributed by atoms with E-state index in [0.717, 1.165) is 11.3 Å². The second-order valence-corrected chi connectivity index (χ2v) is 10.7. The van der Waals surface area contributed by atoms with Crippen LogP contribution >= 0.6 is 0 Å². The normalized spacial score (nSPS) is 19.1. The van der Waals surface area contributed by atoms with Crippen LogP contribution in [0.1, 0.15) is 25.8 Å². The third kappa shape index (κ3) is 6.42. The van der Waals surface area contributed by atoms with Gasteiger partial charge in [-0.1, -0.05) is 36.4 Å². The zero-order valence-electron chi connectivity index (χ0n) is 23.5. The molecule has 2 aliphatic heterocycles. The van der Waals surface area contributed by atoms with Crippen molar-refractivity contribution in [1.29, 1.82) is 0 Å². The SMILES string of the molecule is COc1cccc(OCC(NC(=O)C(C)(C)NC(=O)O)C(=O)N2CCC3=NN(C)C(=O)C3(Cc3ccccc3)C2)c1. The van der Waals surface area contributed by atoms with Crippen molar-refractivity contribution in [2.24, 2.45) is 10.5 Å². The van der Waals surface area contributed by atoms with E-state index >= 15 is 0 Å². The van der Waals surface area contributed by atoms with Gasteiger partial charge in [0.2, 0.25) is 11.8 Å². The van der Waals surface area contributed by atoms with E-state index in [1.165, 1.54) is 26.0 Å². The van der Waals surface area contributed by atoms with Gasteiger partial charge in [0.05, 0.1) is 12.8 Å². The molecule has 0 aliphatic carbocycles. The quantitative estimate of drug-likeness (QED) is 0.398. The van der Waals surface area contributed by atoms with Crippen molar-refractivity contribution < 1.29 is 33.8 Å². The Bertz CT molecular complexity index is 1350. The molecule has 4 amide bonds. The van der Waals surface area contributed by atoms with Crippen LogP contribution in [0, 0.1) is 5.41 Å². The maximum atomic E-state index is 14.0. The van der Waals surface area contributed by atoms with Gasteiger partial charge in [0.1, 0.15) is 35.1 Å². The average molecular weight is 566 g/mol. The van der Waals surface area contributed by atoms with E-state index in [1.807, 2.05) is 30.3 Å². The van der Waals surface area contributed by atoms with Gasteiger partial charge < -0.3 is 30.1 Å². The summed E-state index contributed by atoms with van der Waals surface area (Å²) in [6.45, 7) is 2.92. The highest BCUT2D eigenvalue weighted by Gasteiger charge is 2.54. The lowest BCUT2D eigenvalue weighted by molar-refractivity contribution is -0.143. The summed E-state index contributed by atoms with van der Waals surface area (Å²) in [4.78, 5) is 53.4. The summed E-state index contributed by atoms with van der Waals surface area (Å²) in [5.41, 5.74) is -0.902. The highest BCUT2D eigenvalue weighted by Crippen LogP contribution is 2.38. The summed E-state index contributed by atoms with van der Waals surface area (Å²) in [7, 11) is 3.12. The molecule has 12 nitrogen and oxygen atoms in total. The Labute approximate surface area is 238 Å². The van der Waals surface area contributed by atoms with E-state index < -0.39 is 34.9 Å². The average Bonchev–Trinajstić information content (AvgIpc) is 3.19. The number of methoxy groups -OCH3 is 1. The minimum Gasteiger partial charge on any atom is -0.497 e. The van der Waals surface area contributed by atoms with Gasteiger partial charge in [-0.15, -0.1) is 0 Å². The van der Waals surface area contributed by atoms with Crippen molar-refractivity contribution in [3.8, 4) is 11.5 Å². The molecule has 2 atom stereocenters. The fourth-order valence-electron chi connectivity index (χ4n) is 5.14. The molecule has 12 heteroatoms. The fourth-order valence-corrected chi connectivity index (χ4v) is 5.14. The van der Waals surface area contributed by atoms with Crippen molar-refractivity contribution in [1.82, 2.24) is 20.5 Å². The lowest BCUT2D eigenvalue weighted by Crippen LogP contribution is -2.62. The van der Waals surface area contributed by atoms with Crippen molar-refractivity contribution in [3.63, 3.8) is 0 Å². The highest BCUT2D eigenvalue weighted by molar-refractivity contribution is 6.13. The van der Waals surface area contributed by atoms with Gasteiger partial charge in [0.15, 0.2) is 0 Å². The number of hydrogen-bond acceptors (Lipinski definition) is 7. The van der Waals surface area contributed by atoms with Crippen LogP contribution in [0.3, 0.4) is 0 Å². The molecule has 218 valence electrons. The number of carbonyl (C=O) groups excluding carboxylic acids is 3. The number of carbonyl (C=O) groups is 4. The first-order valence-electron chi connectivity index (χ1n) is 13.2. The number of benzene rings is 2. The van der Waals surface area contributed by atoms with Crippen LogP contribution < -0.4 is 20.1 Å². The van der Waals surface area contributed by atoms with E-state index in [1.54, 1.807) is 36.2 Å². The predicted molar refractivity (Wildman–Crippen MR) is 150 cm³/mol. The maximum absolute atomic E-state index is 14.0. The molecular weight excluding hydrogens is 530 g/mol. The molecule has 2 unspecified atom stereocenters. The smallest absolute Gasteiger partial charge is 0.405 e. The third-order valence-electron chi connectivity index (χ3n) is 7.31. The molecule has 2 aromatic rings. The Hall–Kier alpha value is -4.61. The summed E-state index contributed by atoms with van der Waals surface area (Å²) in [5.74, 6) is -0.395. The molecule has 1 fully saturated rings. The van der Waals surface area contributed by atoms with Crippen LogP contribution in [0.5, 0.6) is 11.5 Å². The number of piperidine rings is 1. The molecule has 0 radical (unpaired) electrons. The number of rotatable bonds is 10. The van der Waals surface area contributed by atoms with Crippen LogP contribution in [-0.2, 0) is 20.8 Å². The number of hydrogen-bond donors (Lipinski definition) is 3. The Balaban J connectivity index is 1.60. The molecule has 2 heterocycles. The van der Waals surface area contributed by atoms with Gasteiger partial charge >= 0.3 is 6.09 Å². The van der Waals surface area contributed by atoms with Crippen LogP contribution in [-0.4, -0.2) is 90.0 Å². The van der Waals surface area contributed by atoms with E-state index in [9.17, 15) is 24.3 Å². The van der Waals surface area contributed by atoms with Crippen LogP contribution in [0.4, 0.5) is 4.79 Å². The molecule has 0 spiro atoms. The summed E-state index contributed by atoms with van der Waals surface area (Å²) < 4.78 is 11.1. The standard InChI is InChI=1S/C29H35N5O7/c1-28(2,31-27(38)39)25(36)30-22(17-41-21-12-8-11-20(15-21)40-4)24(35)34-14-13-23-29(18-34,26(37)33(3)32-23)16-19-9-6-5-7-10-19/h5-12,15,22,31H,13-14,16-18H2,1-4H3,(H,30,36)(H,38,39). The Morgan fingerprint density at radius 2 is 1.83 bits per heavy atom. The molecular formula is C29H35N5O7. The topological polar surface area (TPSA) is 150 Å². The second kappa shape index (κ2) is 11.9. The molecule has 2 aliphatic rings. The van der Waals surface area contributed by atoms with Gasteiger partial charge in [0, 0.05) is 32.6 Å². The molecule has 1 saturated heterocycles. The number of nitrogens with zero attached hydrogens (tertiary/aromatic N) is 3. The lowest BCUT2D eigenvalue weighted by Gasteiger charge is -2.40. The Morgan fingerprint density at radius 3 is 2.51 bits per heavy atom. The molecule has 4 rings (SSSR count). The zero-order valence-corrected chi connectivity index (χ0v) is 23.5. The Kier molecular flexibility index (Phi) is 8.50. The summed E-state index contributed by atoms with van der Waals surface area (Å²) >= 11 is 0. The molecule has 0 aromatic heterocycles. The van der Waals surface area contributed by atoms with Gasteiger partial charge in [-0.05, 0) is 38.0 Å². The molecule has 3 N–H and O–H groups in total. The van der Waals surface area contributed by atoms with E-state index in [2.05, 4.69) is 15.7 Å². The molecule has 0 bridgehead atoms. The molecule has 41 heavy (non-hydrogen) atoms. The number of hydrazone groups is 1. The fraction of sp³-hybridized carbons (Fsp3) is 0.414. The first-order valence-corrected chi connectivity index (χ1v) is 13.2. The maximum Gasteiger partial charge on any atom is 0.405 e. The number of ether oxygens (including phenoxy) is 2. The number of nitrogens with one attached hydrogen (secondary N) is 2. The van der Waals surface area contributed by atoms with Gasteiger partial charge in [-0.3, -0.25) is 14.4 Å². The van der Waals surface area contributed by atoms with E-state index in [-0.39, 0.29) is 25.6 Å². The largest absolute Gasteiger partial charge is 0.497 e. The number of likely N-dealkylation sites (tertiary alicyclic amines) is 1. The van der Waals surface area contributed by atoms with Crippen molar-refractivity contribution >= 4 is 29.5 Å². The summed E-state index contributed by atoms with van der Waals surface area (Å²) in [5, 5.41) is 19.8. The molecule has 0 saturated carbocycles. The first-order chi connectivity index (χ1) is 19.4. The van der Waals surface area contributed by atoms with Crippen LogP contribution in [0.15, 0.2) is 59.7 Å².